The number of hydrogen-bond acceptors (Lipinski definition) is 3. The van der Waals surface area contributed by atoms with E-state index in [2.05, 4.69) is 10.3 Å². The van der Waals surface area contributed by atoms with Crippen molar-refractivity contribution in [3.8, 4) is 0 Å². The number of rotatable bonds is 4. The number of carbonyl (C=O) groups is 1. The molecule has 0 saturated heterocycles. The van der Waals surface area contributed by atoms with Crippen LogP contribution in [-0.4, -0.2) is 10.9 Å². The molecule has 1 N–H and O–H groups in total. The molecule has 2 rings (SSSR count). The first-order valence-corrected chi connectivity index (χ1v) is 6.02. The molecule has 0 aliphatic rings. The summed E-state index contributed by atoms with van der Waals surface area (Å²) in [7, 11) is 0. The zero-order valence-corrected chi connectivity index (χ0v) is 10.8. The third-order valence-corrected chi connectivity index (χ3v) is 2.67. The first-order chi connectivity index (χ1) is 8.63. The normalized spacial score (nSPS) is 10.3. The molecule has 0 spiro atoms. The highest BCUT2D eigenvalue weighted by Crippen LogP contribution is 2.22. The van der Waals surface area contributed by atoms with Crippen molar-refractivity contribution in [1.82, 2.24) is 4.98 Å². The number of nitrogens with one attached hydrogen (secondary N) is 1. The Morgan fingerprint density at radius 2 is 2.00 bits per heavy atom. The number of nitrogens with zero attached hydrogens (tertiary/aromatic N) is 1. The summed E-state index contributed by atoms with van der Waals surface area (Å²) in [6, 6.07) is 4.89. The van der Waals surface area contributed by atoms with Gasteiger partial charge in [-0.05, 0) is 18.2 Å². The van der Waals surface area contributed by atoms with Crippen LogP contribution in [0.5, 0.6) is 0 Å². The first kappa shape index (κ1) is 12.9. The van der Waals surface area contributed by atoms with Crippen LogP contribution < -0.4 is 5.32 Å². The van der Waals surface area contributed by atoms with Crippen LogP contribution in [0.1, 0.15) is 12.1 Å². The predicted molar refractivity (Wildman–Crippen MR) is 69.9 cm³/mol. The van der Waals surface area contributed by atoms with E-state index in [-0.39, 0.29) is 5.91 Å². The maximum absolute atomic E-state index is 11.7. The number of carbonyl (C=O) groups excluding carboxylic acids is 1. The van der Waals surface area contributed by atoms with Crippen LogP contribution >= 0.6 is 23.2 Å². The zero-order valence-electron chi connectivity index (χ0n) is 9.32. The minimum Gasteiger partial charge on any atom is -0.451 e. The number of oxazole rings is 1. The lowest BCUT2D eigenvalue weighted by atomic mass is 10.2. The second kappa shape index (κ2) is 5.89. The second-order valence-corrected chi connectivity index (χ2v) is 4.56. The highest BCUT2D eigenvalue weighted by Gasteiger charge is 2.06. The van der Waals surface area contributed by atoms with Gasteiger partial charge in [-0.25, -0.2) is 4.98 Å². The van der Waals surface area contributed by atoms with E-state index in [1.807, 2.05) is 0 Å². The summed E-state index contributed by atoms with van der Waals surface area (Å²) in [4.78, 5) is 15.6. The summed E-state index contributed by atoms with van der Waals surface area (Å²) in [6.45, 7) is 0. The molecule has 1 heterocycles. The number of anilines is 1. The summed E-state index contributed by atoms with van der Waals surface area (Å²) < 4.78 is 4.82. The summed E-state index contributed by atoms with van der Waals surface area (Å²) in [5.74, 6) is -0.128. The van der Waals surface area contributed by atoms with Crippen LogP contribution in [0.4, 0.5) is 5.69 Å². The van der Waals surface area contributed by atoms with Gasteiger partial charge >= 0.3 is 0 Å². The Bertz CT molecular complexity index is 521. The van der Waals surface area contributed by atoms with Gasteiger partial charge in [-0.2, -0.15) is 0 Å². The van der Waals surface area contributed by atoms with Crippen LogP contribution in [0.15, 0.2) is 35.3 Å². The monoisotopic (exact) mass is 284 g/mol. The highest BCUT2D eigenvalue weighted by atomic mass is 35.5. The molecular formula is C12H10Cl2N2O2. The van der Waals surface area contributed by atoms with E-state index in [0.717, 1.165) is 5.69 Å². The molecule has 2 aromatic rings. The van der Waals surface area contributed by atoms with Crippen molar-refractivity contribution in [3.05, 3.63) is 46.6 Å². The predicted octanol–water partition coefficient (Wildman–Crippen LogP) is 3.55. The smallest absolute Gasteiger partial charge is 0.224 e. The fourth-order valence-electron chi connectivity index (χ4n) is 1.45. The Labute approximate surface area is 114 Å². The fourth-order valence-corrected chi connectivity index (χ4v) is 1.98. The summed E-state index contributed by atoms with van der Waals surface area (Å²) in [5.41, 5.74) is 1.33. The molecule has 4 nitrogen and oxygen atoms in total. The van der Waals surface area contributed by atoms with E-state index in [9.17, 15) is 4.79 Å². The maximum Gasteiger partial charge on any atom is 0.224 e. The fraction of sp³-hybridized carbons (Fsp3) is 0.167. The molecule has 0 atom stereocenters. The van der Waals surface area contributed by atoms with E-state index in [4.69, 9.17) is 27.6 Å². The quantitative estimate of drug-likeness (QED) is 0.934. The molecule has 0 radical (unpaired) electrons. The standard InChI is InChI=1S/C12H10Cl2N2O2/c13-8-3-9(14)5-11(4-8)16-12(17)2-1-10-6-18-7-15-10/h3-7H,1-2H2,(H,16,17). The van der Waals surface area contributed by atoms with Gasteiger partial charge in [0.1, 0.15) is 6.26 Å². The van der Waals surface area contributed by atoms with Gasteiger partial charge < -0.3 is 9.73 Å². The Hall–Kier alpha value is -1.52. The van der Waals surface area contributed by atoms with Crippen molar-refractivity contribution in [3.63, 3.8) is 0 Å². The lowest BCUT2D eigenvalue weighted by molar-refractivity contribution is -0.116. The van der Waals surface area contributed by atoms with Crippen molar-refractivity contribution >= 4 is 34.8 Å². The molecule has 0 fully saturated rings. The third-order valence-electron chi connectivity index (χ3n) is 2.24. The SMILES string of the molecule is O=C(CCc1cocn1)Nc1cc(Cl)cc(Cl)c1. The van der Waals surface area contributed by atoms with Crippen molar-refractivity contribution in [2.24, 2.45) is 0 Å². The van der Waals surface area contributed by atoms with Crippen LogP contribution in [-0.2, 0) is 11.2 Å². The van der Waals surface area contributed by atoms with Gasteiger partial charge in [0.25, 0.3) is 0 Å². The Morgan fingerprint density at radius 3 is 2.61 bits per heavy atom. The molecule has 0 aliphatic heterocycles. The van der Waals surface area contributed by atoms with Gasteiger partial charge in [-0.3, -0.25) is 4.79 Å². The average Bonchev–Trinajstić information content (AvgIpc) is 2.77. The Morgan fingerprint density at radius 1 is 1.28 bits per heavy atom. The van der Waals surface area contributed by atoms with Gasteiger partial charge in [0.15, 0.2) is 6.39 Å². The Balaban J connectivity index is 1.90. The van der Waals surface area contributed by atoms with Crippen LogP contribution in [0.25, 0.3) is 0 Å². The lowest BCUT2D eigenvalue weighted by Gasteiger charge is -2.05. The van der Waals surface area contributed by atoms with Crippen molar-refractivity contribution < 1.29 is 9.21 Å². The molecule has 1 aromatic heterocycles. The van der Waals surface area contributed by atoms with Crippen LogP contribution in [0.2, 0.25) is 10.0 Å². The lowest BCUT2D eigenvalue weighted by Crippen LogP contribution is -2.12. The number of aryl methyl sites for hydroxylation is 1. The van der Waals surface area contributed by atoms with Crippen LogP contribution in [0.3, 0.4) is 0 Å². The topological polar surface area (TPSA) is 55.1 Å². The van der Waals surface area contributed by atoms with E-state index >= 15 is 0 Å². The van der Waals surface area contributed by atoms with Crippen molar-refractivity contribution in [2.45, 2.75) is 12.8 Å². The van der Waals surface area contributed by atoms with Crippen molar-refractivity contribution in [1.29, 1.82) is 0 Å². The average molecular weight is 285 g/mol. The van der Waals surface area contributed by atoms with E-state index < -0.39 is 0 Å². The van der Waals surface area contributed by atoms with Gasteiger partial charge in [0, 0.05) is 28.6 Å². The molecule has 1 aromatic carbocycles. The van der Waals surface area contributed by atoms with Crippen LogP contribution in [0, 0.1) is 0 Å². The number of benzene rings is 1. The number of aromatic nitrogens is 1. The highest BCUT2D eigenvalue weighted by molar-refractivity contribution is 6.35. The summed E-state index contributed by atoms with van der Waals surface area (Å²) >= 11 is 11.7. The largest absolute Gasteiger partial charge is 0.451 e. The molecule has 1 amide bonds. The zero-order chi connectivity index (χ0) is 13.0. The number of amides is 1. The van der Waals surface area contributed by atoms with Gasteiger partial charge in [0.05, 0.1) is 5.69 Å². The van der Waals surface area contributed by atoms with Gasteiger partial charge in [0.2, 0.25) is 5.91 Å². The number of halogens is 2. The molecule has 0 saturated carbocycles. The molecule has 6 heteroatoms. The second-order valence-electron chi connectivity index (χ2n) is 3.69. The molecule has 0 aliphatic carbocycles. The Kier molecular flexibility index (Phi) is 4.23. The summed E-state index contributed by atoms with van der Waals surface area (Å²) in [6.07, 6.45) is 3.70. The maximum atomic E-state index is 11.7. The van der Waals surface area contributed by atoms with E-state index in [1.165, 1.54) is 12.7 Å². The van der Waals surface area contributed by atoms with Gasteiger partial charge in [-0.15, -0.1) is 0 Å². The van der Waals surface area contributed by atoms with Crippen molar-refractivity contribution in [2.75, 3.05) is 5.32 Å². The van der Waals surface area contributed by atoms with E-state index in [1.54, 1.807) is 18.2 Å². The molecule has 18 heavy (non-hydrogen) atoms. The molecular weight excluding hydrogens is 275 g/mol. The molecule has 94 valence electrons. The van der Waals surface area contributed by atoms with Gasteiger partial charge in [-0.1, -0.05) is 23.2 Å². The first-order valence-electron chi connectivity index (χ1n) is 5.26. The minimum atomic E-state index is -0.128. The molecule has 0 unspecified atom stereocenters. The summed E-state index contributed by atoms with van der Waals surface area (Å²) in [5, 5.41) is 3.68. The number of hydrogen-bond donors (Lipinski definition) is 1. The van der Waals surface area contributed by atoms with E-state index in [0.29, 0.717) is 28.6 Å². The third kappa shape index (κ3) is 3.75. The molecule has 0 bridgehead atoms. The minimum absolute atomic E-state index is 0.128.